The van der Waals surface area contributed by atoms with E-state index in [2.05, 4.69) is 5.32 Å². The van der Waals surface area contributed by atoms with Crippen molar-refractivity contribution >= 4 is 5.91 Å². The number of hydrogen-bond acceptors (Lipinski definition) is 4. The minimum Gasteiger partial charge on any atom is -0.390 e. The van der Waals surface area contributed by atoms with Gasteiger partial charge in [0.15, 0.2) is 0 Å². The average Bonchev–Trinajstić information content (AvgIpc) is 2.26. The highest BCUT2D eigenvalue weighted by molar-refractivity contribution is 5.82. The van der Waals surface area contributed by atoms with Crippen LogP contribution in [0.25, 0.3) is 0 Å². The number of carbonyl (C=O) groups is 1. The van der Waals surface area contributed by atoms with Crippen molar-refractivity contribution in [1.29, 1.82) is 0 Å². The van der Waals surface area contributed by atoms with Crippen LogP contribution in [0.4, 0.5) is 8.78 Å². The third-order valence-electron chi connectivity index (χ3n) is 3.63. The summed E-state index contributed by atoms with van der Waals surface area (Å²) in [6, 6.07) is -0.730. The van der Waals surface area contributed by atoms with Crippen molar-refractivity contribution in [2.75, 3.05) is 26.3 Å². The fourth-order valence-electron chi connectivity index (χ4n) is 2.68. The lowest BCUT2D eigenvalue weighted by Gasteiger charge is -2.42. The van der Waals surface area contributed by atoms with Crippen LogP contribution in [0.15, 0.2) is 0 Å². The number of aliphatic hydroxyl groups is 1. The van der Waals surface area contributed by atoms with Crippen molar-refractivity contribution in [3.05, 3.63) is 0 Å². The highest BCUT2D eigenvalue weighted by Crippen LogP contribution is 2.31. The minimum absolute atomic E-state index is 0.0715. The fraction of sp³-hybridized carbons (Fsp3) is 0.917. The van der Waals surface area contributed by atoms with Crippen molar-refractivity contribution in [2.24, 2.45) is 0 Å². The summed E-state index contributed by atoms with van der Waals surface area (Å²) in [6.07, 6.45) is -1.46. The van der Waals surface area contributed by atoms with Crippen LogP contribution in [-0.4, -0.2) is 66.3 Å². The van der Waals surface area contributed by atoms with E-state index in [9.17, 15) is 18.7 Å². The molecule has 1 saturated carbocycles. The summed E-state index contributed by atoms with van der Waals surface area (Å²) in [5, 5.41) is 12.4. The van der Waals surface area contributed by atoms with Gasteiger partial charge in [0.2, 0.25) is 5.91 Å². The molecule has 2 aliphatic rings. The first-order chi connectivity index (χ1) is 8.87. The van der Waals surface area contributed by atoms with Crippen LogP contribution in [0.3, 0.4) is 0 Å². The average molecular weight is 278 g/mol. The second-order valence-electron chi connectivity index (χ2n) is 5.59. The number of nitrogens with zero attached hydrogens (tertiary/aromatic N) is 1. The molecule has 110 valence electrons. The van der Waals surface area contributed by atoms with E-state index in [4.69, 9.17) is 4.74 Å². The van der Waals surface area contributed by atoms with Gasteiger partial charge in [0, 0.05) is 12.6 Å². The third kappa shape index (κ3) is 3.84. The van der Waals surface area contributed by atoms with Crippen molar-refractivity contribution in [3.8, 4) is 0 Å². The zero-order valence-corrected chi connectivity index (χ0v) is 10.9. The summed E-state index contributed by atoms with van der Waals surface area (Å²) in [4.78, 5) is 13.5. The SMILES string of the molecule is CC1(O)CC(NC(=O)C2COCCN2CC(F)F)C1. The predicted octanol–water partition coefficient (Wildman–Crippen LogP) is -0.0181. The largest absolute Gasteiger partial charge is 0.390 e. The maximum atomic E-state index is 12.5. The Kier molecular flexibility index (Phi) is 4.37. The molecule has 0 bridgehead atoms. The summed E-state index contributed by atoms with van der Waals surface area (Å²) in [6.45, 7) is 2.15. The number of alkyl halides is 2. The molecule has 1 aliphatic carbocycles. The molecule has 0 aromatic heterocycles. The molecule has 1 heterocycles. The normalized spacial score (nSPS) is 36.1. The van der Waals surface area contributed by atoms with Crippen molar-refractivity contribution in [1.82, 2.24) is 10.2 Å². The Hall–Kier alpha value is -0.790. The second kappa shape index (κ2) is 5.68. The van der Waals surface area contributed by atoms with E-state index >= 15 is 0 Å². The first-order valence-electron chi connectivity index (χ1n) is 6.50. The van der Waals surface area contributed by atoms with Gasteiger partial charge in [0.05, 0.1) is 25.4 Å². The number of nitrogens with one attached hydrogen (secondary N) is 1. The quantitative estimate of drug-likeness (QED) is 0.759. The lowest BCUT2D eigenvalue weighted by molar-refractivity contribution is -0.137. The Balaban J connectivity index is 1.85. The number of ether oxygens (including phenoxy) is 1. The number of rotatable bonds is 4. The molecule has 0 aromatic rings. The molecular weight excluding hydrogens is 258 g/mol. The Bertz CT molecular complexity index is 331. The molecule has 5 nitrogen and oxygen atoms in total. The maximum Gasteiger partial charge on any atom is 0.251 e. The number of carbonyl (C=O) groups excluding carboxylic acids is 1. The molecule has 2 fully saturated rings. The number of halogens is 2. The van der Waals surface area contributed by atoms with Crippen molar-refractivity contribution < 1.29 is 23.4 Å². The molecule has 0 aromatic carbocycles. The first-order valence-corrected chi connectivity index (χ1v) is 6.50. The zero-order chi connectivity index (χ0) is 14.0. The molecule has 2 N–H and O–H groups in total. The number of morpholine rings is 1. The topological polar surface area (TPSA) is 61.8 Å². The van der Waals surface area contributed by atoms with E-state index in [1.165, 1.54) is 4.90 Å². The molecular formula is C12H20F2N2O3. The van der Waals surface area contributed by atoms with Crippen LogP contribution in [0.2, 0.25) is 0 Å². The lowest BCUT2D eigenvalue weighted by Crippen LogP contribution is -2.60. The van der Waals surface area contributed by atoms with Gasteiger partial charge in [-0.3, -0.25) is 9.69 Å². The molecule has 1 saturated heterocycles. The van der Waals surface area contributed by atoms with Crippen LogP contribution in [0.5, 0.6) is 0 Å². The van der Waals surface area contributed by atoms with Crippen LogP contribution in [0, 0.1) is 0 Å². The molecule has 1 amide bonds. The smallest absolute Gasteiger partial charge is 0.251 e. The summed E-state index contributed by atoms with van der Waals surface area (Å²) >= 11 is 0. The van der Waals surface area contributed by atoms with E-state index in [0.717, 1.165) is 0 Å². The third-order valence-corrected chi connectivity index (χ3v) is 3.63. The van der Waals surface area contributed by atoms with Gasteiger partial charge < -0.3 is 15.2 Å². The predicted molar refractivity (Wildman–Crippen MR) is 64.0 cm³/mol. The van der Waals surface area contributed by atoms with Gasteiger partial charge in [-0.2, -0.15) is 0 Å². The summed E-state index contributed by atoms with van der Waals surface area (Å²) in [5.74, 6) is -0.291. The Morgan fingerprint density at radius 3 is 2.84 bits per heavy atom. The highest BCUT2D eigenvalue weighted by atomic mass is 19.3. The molecule has 0 spiro atoms. The number of amides is 1. The standard InChI is InChI=1S/C12H20F2N2O3/c1-12(18)4-8(5-12)15-11(17)9-7-19-3-2-16(9)6-10(13)14/h8-10,18H,2-7H2,1H3,(H,15,17). The van der Waals surface area contributed by atoms with Gasteiger partial charge in [0.25, 0.3) is 6.43 Å². The monoisotopic (exact) mass is 278 g/mol. The van der Waals surface area contributed by atoms with Crippen LogP contribution >= 0.6 is 0 Å². The van der Waals surface area contributed by atoms with Crippen LogP contribution in [0.1, 0.15) is 19.8 Å². The Morgan fingerprint density at radius 2 is 2.26 bits per heavy atom. The van der Waals surface area contributed by atoms with Crippen molar-refractivity contribution in [2.45, 2.75) is 43.9 Å². The minimum atomic E-state index is -2.46. The van der Waals surface area contributed by atoms with Gasteiger partial charge in [-0.05, 0) is 19.8 Å². The lowest BCUT2D eigenvalue weighted by atomic mass is 9.77. The van der Waals surface area contributed by atoms with Crippen molar-refractivity contribution in [3.63, 3.8) is 0 Å². The highest BCUT2D eigenvalue weighted by Gasteiger charge is 2.41. The summed E-state index contributed by atoms with van der Waals surface area (Å²) in [7, 11) is 0. The maximum absolute atomic E-state index is 12.5. The van der Waals surface area contributed by atoms with Gasteiger partial charge in [-0.25, -0.2) is 8.78 Å². The molecule has 19 heavy (non-hydrogen) atoms. The van der Waals surface area contributed by atoms with Gasteiger partial charge in [0.1, 0.15) is 6.04 Å². The van der Waals surface area contributed by atoms with E-state index < -0.39 is 24.6 Å². The van der Waals surface area contributed by atoms with Gasteiger partial charge in [-0.15, -0.1) is 0 Å². The molecule has 1 aliphatic heterocycles. The van der Waals surface area contributed by atoms with Gasteiger partial charge in [-0.1, -0.05) is 0 Å². The van der Waals surface area contributed by atoms with E-state index in [0.29, 0.717) is 26.0 Å². The van der Waals surface area contributed by atoms with E-state index in [-0.39, 0.29) is 18.6 Å². The molecule has 2 rings (SSSR count). The second-order valence-corrected chi connectivity index (χ2v) is 5.59. The summed E-state index contributed by atoms with van der Waals surface area (Å²) in [5.41, 5.74) is -0.719. The summed E-state index contributed by atoms with van der Waals surface area (Å²) < 4.78 is 30.1. The van der Waals surface area contributed by atoms with E-state index in [1.807, 2.05) is 0 Å². The van der Waals surface area contributed by atoms with E-state index in [1.54, 1.807) is 6.92 Å². The van der Waals surface area contributed by atoms with Crippen LogP contribution < -0.4 is 5.32 Å². The Labute approximate surface area is 110 Å². The molecule has 1 unspecified atom stereocenters. The number of hydrogen-bond donors (Lipinski definition) is 2. The van der Waals surface area contributed by atoms with Crippen LogP contribution in [-0.2, 0) is 9.53 Å². The fourth-order valence-corrected chi connectivity index (χ4v) is 2.68. The van der Waals surface area contributed by atoms with Gasteiger partial charge >= 0.3 is 0 Å². The molecule has 0 radical (unpaired) electrons. The molecule has 1 atom stereocenters. The first kappa shape index (κ1) is 14.6. The molecule has 7 heteroatoms. The Morgan fingerprint density at radius 1 is 1.58 bits per heavy atom. The zero-order valence-electron chi connectivity index (χ0n) is 10.9.